The predicted octanol–water partition coefficient (Wildman–Crippen LogP) is 4.54. The van der Waals surface area contributed by atoms with E-state index in [0.29, 0.717) is 0 Å². The molecule has 0 aliphatic carbocycles. The van der Waals surface area contributed by atoms with E-state index in [1.807, 2.05) is 25.7 Å². The molecule has 0 atom stereocenters. The summed E-state index contributed by atoms with van der Waals surface area (Å²) >= 11 is 1.69. The molecular formula is C17H16N2S. The van der Waals surface area contributed by atoms with E-state index in [1.54, 1.807) is 11.3 Å². The average molecular weight is 280 g/mol. The van der Waals surface area contributed by atoms with Crippen molar-refractivity contribution in [2.75, 3.05) is 19.0 Å². The molecule has 20 heavy (non-hydrogen) atoms. The van der Waals surface area contributed by atoms with Gasteiger partial charge in [0.05, 0.1) is 16.1 Å². The summed E-state index contributed by atoms with van der Waals surface area (Å²) in [5.41, 5.74) is 6.56. The minimum Gasteiger partial charge on any atom is -0.378 e. The van der Waals surface area contributed by atoms with Gasteiger partial charge in [0.15, 0.2) is 0 Å². The summed E-state index contributed by atoms with van der Waals surface area (Å²) in [6.07, 6.45) is 0. The van der Waals surface area contributed by atoms with Crippen LogP contribution in [-0.2, 0) is 0 Å². The van der Waals surface area contributed by atoms with E-state index in [-0.39, 0.29) is 0 Å². The highest BCUT2D eigenvalue weighted by Crippen LogP contribution is 2.34. The maximum absolute atomic E-state index is 4.54. The lowest BCUT2D eigenvalue weighted by Gasteiger charge is -2.12. The molecule has 0 radical (unpaired) electrons. The van der Waals surface area contributed by atoms with E-state index in [0.717, 1.165) is 11.3 Å². The fourth-order valence-corrected chi connectivity index (χ4v) is 2.98. The highest BCUT2D eigenvalue weighted by molar-refractivity contribution is 7.13. The van der Waals surface area contributed by atoms with Crippen LogP contribution in [0, 0.1) is 0 Å². The zero-order valence-electron chi connectivity index (χ0n) is 11.6. The van der Waals surface area contributed by atoms with Crippen molar-refractivity contribution in [3.63, 3.8) is 0 Å². The Balaban J connectivity index is 2.01. The molecule has 0 saturated carbocycles. The van der Waals surface area contributed by atoms with Crippen molar-refractivity contribution in [1.82, 2.24) is 4.98 Å². The Morgan fingerprint density at radius 3 is 2.20 bits per heavy atom. The van der Waals surface area contributed by atoms with Crippen molar-refractivity contribution < 1.29 is 0 Å². The second-order valence-corrected chi connectivity index (χ2v) is 5.69. The lowest BCUT2D eigenvalue weighted by Crippen LogP contribution is -2.07. The molecule has 0 amide bonds. The van der Waals surface area contributed by atoms with Gasteiger partial charge in [-0.25, -0.2) is 4.98 Å². The Morgan fingerprint density at radius 1 is 0.850 bits per heavy atom. The van der Waals surface area contributed by atoms with Crippen LogP contribution in [0.4, 0.5) is 5.69 Å². The van der Waals surface area contributed by atoms with E-state index in [2.05, 4.69) is 58.4 Å². The number of rotatable bonds is 3. The minimum absolute atomic E-state index is 1.06. The predicted molar refractivity (Wildman–Crippen MR) is 87.3 cm³/mol. The molecule has 0 spiro atoms. The molecular weight excluding hydrogens is 264 g/mol. The fraction of sp³-hybridized carbons (Fsp3) is 0.118. The molecule has 0 aliphatic heterocycles. The normalized spacial score (nSPS) is 10.5. The molecule has 1 aromatic heterocycles. The molecule has 3 heteroatoms. The Kier molecular flexibility index (Phi) is 3.52. The first-order valence-corrected chi connectivity index (χ1v) is 7.40. The topological polar surface area (TPSA) is 16.1 Å². The van der Waals surface area contributed by atoms with Crippen molar-refractivity contribution >= 4 is 17.0 Å². The third kappa shape index (κ3) is 2.45. The number of hydrogen-bond donors (Lipinski definition) is 0. The van der Waals surface area contributed by atoms with Gasteiger partial charge in [-0.1, -0.05) is 42.5 Å². The zero-order valence-corrected chi connectivity index (χ0v) is 12.4. The second kappa shape index (κ2) is 5.47. The number of hydrogen-bond acceptors (Lipinski definition) is 3. The molecule has 100 valence electrons. The van der Waals surface area contributed by atoms with E-state index < -0.39 is 0 Å². The Bertz CT molecular complexity index is 685. The van der Waals surface area contributed by atoms with E-state index in [9.17, 15) is 0 Å². The van der Waals surface area contributed by atoms with E-state index in [4.69, 9.17) is 0 Å². The third-order valence-corrected chi connectivity index (χ3v) is 4.14. The Labute approximate surface area is 123 Å². The summed E-state index contributed by atoms with van der Waals surface area (Å²) in [6.45, 7) is 0. The van der Waals surface area contributed by atoms with Crippen LogP contribution in [0.1, 0.15) is 0 Å². The van der Waals surface area contributed by atoms with Gasteiger partial charge in [-0.2, -0.15) is 0 Å². The van der Waals surface area contributed by atoms with Gasteiger partial charge in [0.2, 0.25) is 0 Å². The third-order valence-electron chi connectivity index (χ3n) is 3.26. The fourth-order valence-electron chi connectivity index (χ4n) is 2.16. The quantitative estimate of drug-likeness (QED) is 0.700. The number of anilines is 1. The van der Waals surface area contributed by atoms with Crippen molar-refractivity contribution in [3.8, 4) is 21.7 Å². The summed E-state index contributed by atoms with van der Waals surface area (Å²) in [6, 6.07) is 19.0. The minimum atomic E-state index is 1.06. The van der Waals surface area contributed by atoms with Crippen LogP contribution in [0.5, 0.6) is 0 Å². The van der Waals surface area contributed by atoms with Gasteiger partial charge in [-0.15, -0.1) is 11.3 Å². The van der Waals surface area contributed by atoms with E-state index >= 15 is 0 Å². The van der Waals surface area contributed by atoms with Crippen molar-refractivity contribution in [2.24, 2.45) is 0 Å². The maximum atomic E-state index is 4.54. The van der Waals surface area contributed by atoms with Crippen LogP contribution in [0.15, 0.2) is 60.1 Å². The molecule has 0 bridgehead atoms. The van der Waals surface area contributed by atoms with Gasteiger partial charge in [0.25, 0.3) is 0 Å². The molecule has 0 N–H and O–H groups in total. The van der Waals surface area contributed by atoms with Crippen LogP contribution in [-0.4, -0.2) is 19.1 Å². The molecule has 3 aromatic rings. The molecule has 0 aliphatic rings. The zero-order chi connectivity index (χ0) is 13.9. The first-order valence-electron chi connectivity index (χ1n) is 6.52. The first kappa shape index (κ1) is 12.9. The monoisotopic (exact) mass is 280 g/mol. The molecule has 1 heterocycles. The lowest BCUT2D eigenvalue weighted by atomic mass is 10.1. The highest BCUT2D eigenvalue weighted by atomic mass is 32.1. The Morgan fingerprint density at radius 2 is 1.55 bits per heavy atom. The van der Waals surface area contributed by atoms with Gasteiger partial charge in [0.1, 0.15) is 0 Å². The van der Waals surface area contributed by atoms with Crippen molar-refractivity contribution in [1.29, 1.82) is 0 Å². The van der Waals surface area contributed by atoms with Crippen LogP contribution < -0.4 is 4.90 Å². The van der Waals surface area contributed by atoms with Gasteiger partial charge >= 0.3 is 0 Å². The van der Waals surface area contributed by atoms with Gasteiger partial charge in [-0.05, 0) is 17.7 Å². The molecule has 0 saturated heterocycles. The molecule has 2 nitrogen and oxygen atoms in total. The number of nitrogens with zero attached hydrogens (tertiary/aromatic N) is 2. The summed E-state index contributed by atoms with van der Waals surface area (Å²) in [5, 5.41) is 0. The molecule has 0 unspecified atom stereocenters. The number of aromatic nitrogens is 1. The molecule has 0 fully saturated rings. The number of thiazole rings is 1. The van der Waals surface area contributed by atoms with Gasteiger partial charge < -0.3 is 4.90 Å². The van der Waals surface area contributed by atoms with E-state index in [1.165, 1.54) is 16.1 Å². The summed E-state index contributed by atoms with van der Waals surface area (Å²) in [4.78, 5) is 7.87. The summed E-state index contributed by atoms with van der Waals surface area (Å²) in [5.74, 6) is 0. The van der Waals surface area contributed by atoms with Crippen molar-refractivity contribution in [3.05, 3.63) is 60.1 Å². The van der Waals surface area contributed by atoms with Crippen LogP contribution in [0.2, 0.25) is 0 Å². The maximum Gasteiger partial charge on any atom is 0.0890 e. The first-order chi connectivity index (χ1) is 9.75. The van der Waals surface area contributed by atoms with Crippen LogP contribution in [0.3, 0.4) is 0 Å². The Hall–Kier alpha value is -2.13. The van der Waals surface area contributed by atoms with Gasteiger partial charge in [-0.3, -0.25) is 0 Å². The lowest BCUT2D eigenvalue weighted by molar-refractivity contribution is 1.13. The van der Waals surface area contributed by atoms with Crippen molar-refractivity contribution in [2.45, 2.75) is 0 Å². The summed E-state index contributed by atoms with van der Waals surface area (Å²) in [7, 11) is 4.10. The summed E-state index contributed by atoms with van der Waals surface area (Å²) < 4.78 is 0. The average Bonchev–Trinajstić information content (AvgIpc) is 2.97. The van der Waals surface area contributed by atoms with Crippen LogP contribution in [0.25, 0.3) is 21.7 Å². The van der Waals surface area contributed by atoms with Crippen LogP contribution >= 0.6 is 11.3 Å². The SMILES string of the molecule is CN(C)c1ccc(-c2ncsc2-c2ccccc2)cc1. The highest BCUT2D eigenvalue weighted by Gasteiger charge is 2.10. The molecule has 3 rings (SSSR count). The second-order valence-electron chi connectivity index (χ2n) is 4.84. The standard InChI is InChI=1S/C17H16N2S/c1-19(2)15-10-8-13(9-11-15)16-17(20-12-18-16)14-6-4-3-5-7-14/h3-12H,1-2H3. The largest absolute Gasteiger partial charge is 0.378 e. The molecule has 2 aromatic carbocycles. The smallest absolute Gasteiger partial charge is 0.0890 e. The van der Waals surface area contributed by atoms with Gasteiger partial charge in [0, 0.05) is 25.3 Å². The number of benzene rings is 2.